The Morgan fingerprint density at radius 1 is 0.548 bits per heavy atom. The summed E-state index contributed by atoms with van der Waals surface area (Å²) in [5.41, 5.74) is 0. The number of rotatable bonds is 49. The van der Waals surface area contributed by atoms with Crippen molar-refractivity contribution in [3.05, 3.63) is 24.3 Å². The molecule has 0 fully saturated rings. The molecule has 0 rings (SSSR count). The van der Waals surface area contributed by atoms with Crippen molar-refractivity contribution < 1.29 is 32.9 Å². The number of aliphatic hydroxyl groups is 1. The lowest BCUT2D eigenvalue weighted by Crippen LogP contribution is -2.45. The molecule has 0 aliphatic rings. The summed E-state index contributed by atoms with van der Waals surface area (Å²) < 4.78 is 23.3. The molecule has 368 valence electrons. The second-order valence-corrected chi connectivity index (χ2v) is 21.0. The lowest BCUT2D eigenvalue weighted by Gasteiger charge is -2.29. The number of likely N-dealkylation sites (N-methyl/N-ethyl adjacent to an activating group) is 1. The molecule has 9 heteroatoms. The van der Waals surface area contributed by atoms with Crippen LogP contribution in [-0.4, -0.2) is 68.5 Å². The van der Waals surface area contributed by atoms with Crippen molar-refractivity contribution in [3.8, 4) is 0 Å². The number of amides is 1. The van der Waals surface area contributed by atoms with Gasteiger partial charge in [-0.05, 0) is 44.9 Å². The third-order valence-corrected chi connectivity index (χ3v) is 13.1. The fraction of sp³-hybridized carbons (Fsp3) is 0.906. The van der Waals surface area contributed by atoms with Gasteiger partial charge in [0.1, 0.15) is 13.2 Å². The first-order valence-electron chi connectivity index (χ1n) is 26.7. The highest BCUT2D eigenvalue weighted by atomic mass is 31.2. The molecule has 0 aromatic rings. The summed E-state index contributed by atoms with van der Waals surface area (Å²) in [5, 5.41) is 13.8. The molecule has 0 aromatic heterocycles. The van der Waals surface area contributed by atoms with Gasteiger partial charge in [-0.25, -0.2) is 0 Å². The molecule has 0 aliphatic heterocycles. The van der Waals surface area contributed by atoms with Crippen molar-refractivity contribution >= 4 is 13.7 Å². The van der Waals surface area contributed by atoms with Crippen LogP contribution in [0.5, 0.6) is 0 Å². The smallest absolute Gasteiger partial charge is 0.268 e. The molecule has 0 spiro atoms. The lowest BCUT2D eigenvalue weighted by molar-refractivity contribution is -0.870. The Balaban J connectivity index is 4.13. The fourth-order valence-electron chi connectivity index (χ4n) is 7.91. The summed E-state index contributed by atoms with van der Waals surface area (Å²) >= 11 is 0. The first-order chi connectivity index (χ1) is 30.0. The maximum atomic E-state index is 12.9. The molecule has 0 saturated heterocycles. The van der Waals surface area contributed by atoms with E-state index >= 15 is 0 Å². The van der Waals surface area contributed by atoms with E-state index in [0.717, 1.165) is 38.5 Å². The number of nitrogens with zero attached hydrogens (tertiary/aromatic N) is 1. The Bertz CT molecular complexity index is 1060. The zero-order valence-electron chi connectivity index (χ0n) is 41.8. The molecule has 0 saturated carbocycles. The Kier molecular flexibility index (Phi) is 44.4. The Morgan fingerprint density at radius 2 is 0.887 bits per heavy atom. The summed E-state index contributed by atoms with van der Waals surface area (Å²) in [5.74, 6) is -0.196. The van der Waals surface area contributed by atoms with Crippen LogP contribution >= 0.6 is 7.82 Å². The van der Waals surface area contributed by atoms with Crippen molar-refractivity contribution in [2.24, 2.45) is 0 Å². The van der Waals surface area contributed by atoms with E-state index in [1.54, 1.807) is 6.08 Å². The van der Waals surface area contributed by atoms with Crippen LogP contribution in [-0.2, 0) is 18.4 Å². The second-order valence-electron chi connectivity index (χ2n) is 19.6. The molecule has 0 radical (unpaired) electrons. The first-order valence-corrected chi connectivity index (χ1v) is 28.2. The van der Waals surface area contributed by atoms with Gasteiger partial charge in [0.25, 0.3) is 7.82 Å². The highest BCUT2D eigenvalue weighted by Gasteiger charge is 2.23. The highest BCUT2D eigenvalue weighted by molar-refractivity contribution is 7.45. The van der Waals surface area contributed by atoms with Crippen LogP contribution in [0.25, 0.3) is 0 Å². The quantitative estimate of drug-likeness (QED) is 0.0273. The topological polar surface area (TPSA) is 108 Å². The molecule has 0 bridgehead atoms. The van der Waals surface area contributed by atoms with E-state index in [0.29, 0.717) is 17.4 Å². The zero-order valence-corrected chi connectivity index (χ0v) is 42.7. The monoisotopic (exact) mass is 897 g/mol. The van der Waals surface area contributed by atoms with Crippen molar-refractivity contribution in [2.45, 2.75) is 270 Å². The van der Waals surface area contributed by atoms with Crippen LogP contribution in [0.15, 0.2) is 24.3 Å². The van der Waals surface area contributed by atoms with Crippen LogP contribution < -0.4 is 10.2 Å². The van der Waals surface area contributed by atoms with E-state index in [-0.39, 0.29) is 19.1 Å². The van der Waals surface area contributed by atoms with Gasteiger partial charge in [0.05, 0.1) is 39.9 Å². The molecule has 1 amide bonds. The average molecular weight is 897 g/mol. The van der Waals surface area contributed by atoms with E-state index in [4.69, 9.17) is 9.05 Å². The maximum Gasteiger partial charge on any atom is 0.268 e. The van der Waals surface area contributed by atoms with E-state index in [1.165, 1.54) is 199 Å². The summed E-state index contributed by atoms with van der Waals surface area (Å²) in [7, 11) is 1.27. The van der Waals surface area contributed by atoms with Crippen LogP contribution in [0, 0.1) is 0 Å². The normalized spacial score (nSPS) is 14.2. The van der Waals surface area contributed by atoms with Gasteiger partial charge < -0.3 is 28.8 Å². The zero-order chi connectivity index (χ0) is 45.7. The van der Waals surface area contributed by atoms with E-state index in [1.807, 2.05) is 27.2 Å². The molecular weight excluding hydrogens is 792 g/mol. The van der Waals surface area contributed by atoms with Crippen LogP contribution in [0.2, 0.25) is 0 Å². The number of carbonyl (C=O) groups is 1. The molecule has 0 aromatic carbocycles. The summed E-state index contributed by atoms with van der Waals surface area (Å²) in [6.45, 7) is 4.67. The largest absolute Gasteiger partial charge is 0.756 e. The molecule has 3 unspecified atom stereocenters. The van der Waals surface area contributed by atoms with Gasteiger partial charge in [0.15, 0.2) is 0 Å². The van der Waals surface area contributed by atoms with Crippen molar-refractivity contribution in [3.63, 3.8) is 0 Å². The molecule has 62 heavy (non-hydrogen) atoms. The molecule has 0 aliphatic carbocycles. The Labute approximate surface area is 385 Å². The van der Waals surface area contributed by atoms with Crippen molar-refractivity contribution in [1.82, 2.24) is 5.32 Å². The summed E-state index contributed by atoms with van der Waals surface area (Å²) in [4.78, 5) is 25.4. The molecule has 3 atom stereocenters. The lowest BCUT2D eigenvalue weighted by atomic mass is 10.0. The van der Waals surface area contributed by atoms with Crippen LogP contribution in [0.1, 0.15) is 258 Å². The maximum absolute atomic E-state index is 12.9. The van der Waals surface area contributed by atoms with E-state index in [9.17, 15) is 19.4 Å². The molecule has 8 nitrogen and oxygen atoms in total. The number of allylic oxidation sites excluding steroid dienone is 3. The fourth-order valence-corrected chi connectivity index (χ4v) is 8.64. The van der Waals surface area contributed by atoms with E-state index in [2.05, 4.69) is 31.3 Å². The SMILES string of the molecule is CCCCCCCCCCCCC/C=C/C(O)C(COP(=O)([O-])OCC[N+](C)(C)C)NC(=O)CCCCCCCCCCCCC/C=C\CCCCCCCCCCCCCC. The van der Waals surface area contributed by atoms with Crippen molar-refractivity contribution in [1.29, 1.82) is 0 Å². The van der Waals surface area contributed by atoms with Crippen molar-refractivity contribution in [2.75, 3.05) is 40.9 Å². The number of hydrogen-bond acceptors (Lipinski definition) is 6. The number of nitrogens with one attached hydrogen (secondary N) is 1. The number of aliphatic hydroxyl groups excluding tert-OH is 1. The first kappa shape index (κ1) is 61.0. The molecule has 2 N–H and O–H groups in total. The molecule has 0 heterocycles. The predicted molar refractivity (Wildman–Crippen MR) is 265 cm³/mol. The van der Waals surface area contributed by atoms with Gasteiger partial charge in [0.2, 0.25) is 5.91 Å². The van der Waals surface area contributed by atoms with Gasteiger partial charge in [0, 0.05) is 6.42 Å². The van der Waals surface area contributed by atoms with Gasteiger partial charge in [-0.2, -0.15) is 0 Å². The summed E-state index contributed by atoms with van der Waals surface area (Å²) in [6, 6.07) is -0.884. The Morgan fingerprint density at radius 3 is 1.26 bits per heavy atom. The third-order valence-electron chi connectivity index (χ3n) is 12.2. The second kappa shape index (κ2) is 45.1. The third kappa shape index (κ3) is 47.0. The number of carbonyl (C=O) groups excluding carboxylic acids is 1. The summed E-state index contributed by atoms with van der Waals surface area (Å²) in [6.07, 6.45) is 55.3. The van der Waals surface area contributed by atoms with Gasteiger partial charge in [-0.3, -0.25) is 9.36 Å². The minimum absolute atomic E-state index is 0.000354. The van der Waals surface area contributed by atoms with Gasteiger partial charge in [-0.15, -0.1) is 0 Å². The number of unbranched alkanes of at least 4 members (excludes halogenated alkanes) is 34. The number of hydrogen-bond donors (Lipinski definition) is 2. The van der Waals surface area contributed by atoms with E-state index < -0.39 is 20.0 Å². The minimum atomic E-state index is -4.59. The minimum Gasteiger partial charge on any atom is -0.756 e. The number of phosphoric acid groups is 1. The molecular formula is C53H105N2O6P. The predicted octanol–water partition coefficient (Wildman–Crippen LogP) is 15.0. The van der Waals surface area contributed by atoms with Crippen LogP contribution in [0.3, 0.4) is 0 Å². The van der Waals surface area contributed by atoms with Gasteiger partial charge in [-0.1, -0.05) is 231 Å². The standard InChI is InChI=1S/C53H105N2O6P/c1-6-8-10-12-14-16-18-20-21-22-23-24-25-26-27-28-29-30-31-32-33-35-37-39-41-43-45-47-53(57)54-51(50-61-62(58,59)60-49-48-55(3,4)5)52(56)46-44-42-40-38-36-34-19-17-15-13-11-9-7-2/h26-27,44,46,51-52,56H,6-25,28-43,45,47-50H2,1-5H3,(H-,54,57,58,59)/b27-26-,46-44+. The average Bonchev–Trinajstić information content (AvgIpc) is 3.23. The van der Waals surface area contributed by atoms with Crippen LogP contribution in [0.4, 0.5) is 0 Å². The number of quaternary nitrogens is 1. The Hall–Kier alpha value is -1.02. The number of phosphoric ester groups is 1. The highest BCUT2D eigenvalue weighted by Crippen LogP contribution is 2.38. The van der Waals surface area contributed by atoms with Gasteiger partial charge >= 0.3 is 0 Å².